The lowest BCUT2D eigenvalue weighted by atomic mass is 9.89. The number of methoxy groups -OCH3 is 1. The van der Waals surface area contributed by atoms with Crippen LogP contribution in [0.5, 0.6) is 5.75 Å². The van der Waals surface area contributed by atoms with E-state index in [2.05, 4.69) is 10.1 Å². The van der Waals surface area contributed by atoms with E-state index < -0.39 is 29.3 Å². The molecular formula is C19H19F3N2O4. The Labute approximate surface area is 159 Å². The average Bonchev–Trinajstić information content (AvgIpc) is 2.66. The Morgan fingerprint density at radius 1 is 1.00 bits per heavy atom. The van der Waals surface area contributed by atoms with Crippen molar-refractivity contribution in [2.75, 3.05) is 19.0 Å². The maximum atomic E-state index is 14.1. The molecule has 0 heterocycles. The average molecular weight is 396 g/mol. The first-order valence-corrected chi connectivity index (χ1v) is 8.28. The van der Waals surface area contributed by atoms with Crippen LogP contribution in [-0.4, -0.2) is 31.9 Å². The van der Waals surface area contributed by atoms with Crippen molar-refractivity contribution in [1.82, 2.24) is 5.32 Å². The summed E-state index contributed by atoms with van der Waals surface area (Å²) < 4.78 is 52.0. The van der Waals surface area contributed by atoms with Gasteiger partial charge in [0.05, 0.1) is 19.4 Å². The van der Waals surface area contributed by atoms with Crippen molar-refractivity contribution < 1.29 is 32.2 Å². The lowest BCUT2D eigenvalue weighted by Crippen LogP contribution is -2.62. The smallest absolute Gasteiger partial charge is 0.426 e. The quantitative estimate of drug-likeness (QED) is 0.728. The Hall–Kier alpha value is -3.23. The molecule has 0 saturated heterocycles. The Bertz CT molecular complexity index is 827. The van der Waals surface area contributed by atoms with Crippen LogP contribution in [0.4, 0.5) is 23.7 Å². The second-order valence-corrected chi connectivity index (χ2v) is 5.61. The fourth-order valence-electron chi connectivity index (χ4n) is 2.59. The van der Waals surface area contributed by atoms with Crippen LogP contribution in [0.15, 0.2) is 54.6 Å². The van der Waals surface area contributed by atoms with E-state index in [0.717, 1.165) is 12.1 Å². The molecule has 2 aromatic carbocycles. The molecule has 2 N–H and O–H groups in total. The molecule has 0 radical (unpaired) electrons. The molecule has 0 aliphatic heterocycles. The van der Waals surface area contributed by atoms with Gasteiger partial charge in [-0.1, -0.05) is 42.5 Å². The summed E-state index contributed by atoms with van der Waals surface area (Å²) in [5.74, 6) is -1.39. The molecule has 2 rings (SSSR count). The summed E-state index contributed by atoms with van der Waals surface area (Å²) in [5.41, 5.74) is -3.72. The van der Waals surface area contributed by atoms with Gasteiger partial charge in [0.25, 0.3) is 5.54 Å². The third-order valence-electron chi connectivity index (χ3n) is 3.87. The van der Waals surface area contributed by atoms with Crippen LogP contribution in [0.25, 0.3) is 0 Å². The van der Waals surface area contributed by atoms with Crippen LogP contribution in [0, 0.1) is 0 Å². The molecule has 1 atom stereocenters. The van der Waals surface area contributed by atoms with Crippen molar-refractivity contribution in [2.24, 2.45) is 0 Å². The van der Waals surface area contributed by atoms with Crippen molar-refractivity contribution in [2.45, 2.75) is 18.6 Å². The second-order valence-electron chi connectivity index (χ2n) is 5.61. The normalized spacial score (nSPS) is 13.2. The van der Waals surface area contributed by atoms with E-state index in [1.165, 1.54) is 44.4 Å². The molecule has 150 valence electrons. The van der Waals surface area contributed by atoms with Crippen LogP contribution in [-0.2, 0) is 15.1 Å². The van der Waals surface area contributed by atoms with Gasteiger partial charge < -0.3 is 20.1 Å². The van der Waals surface area contributed by atoms with Gasteiger partial charge in [0, 0.05) is 0 Å². The molecule has 0 fully saturated rings. The highest BCUT2D eigenvalue weighted by Gasteiger charge is 2.64. The molecule has 9 heteroatoms. The molecule has 6 nitrogen and oxygen atoms in total. The van der Waals surface area contributed by atoms with Crippen LogP contribution in [0.2, 0.25) is 0 Å². The Morgan fingerprint density at radius 3 is 2.18 bits per heavy atom. The third-order valence-corrected chi connectivity index (χ3v) is 3.87. The van der Waals surface area contributed by atoms with Crippen molar-refractivity contribution in [1.29, 1.82) is 0 Å². The highest BCUT2D eigenvalue weighted by atomic mass is 19.4. The van der Waals surface area contributed by atoms with Crippen molar-refractivity contribution >= 4 is 17.7 Å². The third kappa shape index (κ3) is 4.19. The van der Waals surface area contributed by atoms with E-state index in [1.54, 1.807) is 17.4 Å². The number of ether oxygens (including phenoxy) is 2. The number of rotatable bonds is 6. The number of hydrogen-bond donors (Lipinski definition) is 2. The number of para-hydroxylation sites is 2. The topological polar surface area (TPSA) is 76.7 Å². The van der Waals surface area contributed by atoms with Crippen LogP contribution >= 0.6 is 0 Å². The Balaban J connectivity index is 2.47. The summed E-state index contributed by atoms with van der Waals surface area (Å²) in [5, 5.41) is 4.04. The molecule has 0 aromatic heterocycles. The first-order chi connectivity index (χ1) is 13.3. The van der Waals surface area contributed by atoms with Gasteiger partial charge in [0.1, 0.15) is 5.75 Å². The number of amides is 2. The van der Waals surface area contributed by atoms with Gasteiger partial charge in [-0.2, -0.15) is 13.2 Å². The zero-order valence-corrected chi connectivity index (χ0v) is 15.2. The molecule has 0 spiro atoms. The van der Waals surface area contributed by atoms with Gasteiger partial charge >= 0.3 is 18.2 Å². The highest BCUT2D eigenvalue weighted by Crippen LogP contribution is 2.40. The molecule has 0 aliphatic carbocycles. The Morgan fingerprint density at radius 2 is 1.61 bits per heavy atom. The lowest BCUT2D eigenvalue weighted by molar-refractivity contribution is -0.213. The highest BCUT2D eigenvalue weighted by molar-refractivity contribution is 5.96. The van der Waals surface area contributed by atoms with E-state index >= 15 is 0 Å². The Kier molecular flexibility index (Phi) is 6.50. The predicted molar refractivity (Wildman–Crippen MR) is 96.0 cm³/mol. The fraction of sp³-hybridized carbons (Fsp3) is 0.263. The van der Waals surface area contributed by atoms with Gasteiger partial charge in [0.2, 0.25) is 0 Å². The molecule has 0 aliphatic rings. The van der Waals surface area contributed by atoms with Crippen molar-refractivity contribution in [3.05, 3.63) is 60.2 Å². The van der Waals surface area contributed by atoms with Crippen LogP contribution < -0.4 is 15.4 Å². The number of halogens is 3. The largest absolute Gasteiger partial charge is 0.495 e. The second kappa shape index (κ2) is 8.64. The van der Waals surface area contributed by atoms with E-state index in [9.17, 15) is 22.8 Å². The van der Waals surface area contributed by atoms with E-state index in [1.807, 2.05) is 0 Å². The number of carbonyl (C=O) groups excluding carboxylic acids is 2. The standard InChI is InChI=1S/C19H19F3N2O4/c1-3-28-16(25)18(19(20,21)22,13-9-5-4-6-10-13)24-17(26)23-14-11-7-8-12-15(14)27-2/h4-12H,3H2,1-2H3,(H2,23,24,26). The van der Waals surface area contributed by atoms with Gasteiger partial charge in [-0.05, 0) is 24.6 Å². The number of alkyl halides is 3. The number of nitrogens with one attached hydrogen (secondary N) is 2. The molecule has 2 amide bonds. The van der Waals surface area contributed by atoms with Crippen LogP contribution in [0.1, 0.15) is 12.5 Å². The maximum Gasteiger partial charge on any atom is 0.426 e. The zero-order chi connectivity index (χ0) is 20.8. The number of hydrogen-bond acceptors (Lipinski definition) is 4. The summed E-state index contributed by atoms with van der Waals surface area (Å²) in [7, 11) is 1.35. The van der Waals surface area contributed by atoms with Gasteiger partial charge in [-0.3, -0.25) is 0 Å². The summed E-state index contributed by atoms with van der Waals surface area (Å²) >= 11 is 0. The number of carbonyl (C=O) groups is 2. The molecule has 28 heavy (non-hydrogen) atoms. The van der Waals surface area contributed by atoms with Gasteiger partial charge in [0.15, 0.2) is 0 Å². The molecule has 1 unspecified atom stereocenters. The minimum atomic E-state index is -5.17. The molecule has 0 saturated carbocycles. The SMILES string of the molecule is CCOC(=O)C(NC(=O)Nc1ccccc1OC)(c1ccccc1)C(F)(F)F. The summed E-state index contributed by atoms with van der Waals surface area (Å²) in [6, 6.07) is 11.2. The monoisotopic (exact) mass is 396 g/mol. The van der Waals surface area contributed by atoms with Gasteiger partial charge in [-0.25, -0.2) is 9.59 Å². The van der Waals surface area contributed by atoms with Crippen LogP contribution in [0.3, 0.4) is 0 Å². The summed E-state index contributed by atoms with van der Waals surface area (Å²) in [4.78, 5) is 24.9. The van der Waals surface area contributed by atoms with Crippen molar-refractivity contribution in [3.63, 3.8) is 0 Å². The van der Waals surface area contributed by atoms with Crippen molar-refractivity contribution in [3.8, 4) is 5.75 Å². The summed E-state index contributed by atoms with van der Waals surface area (Å²) in [6.45, 7) is 1.08. The minimum absolute atomic E-state index is 0.135. The van der Waals surface area contributed by atoms with E-state index in [-0.39, 0.29) is 18.0 Å². The molecule has 0 bridgehead atoms. The first-order valence-electron chi connectivity index (χ1n) is 8.28. The zero-order valence-electron chi connectivity index (χ0n) is 15.2. The number of esters is 1. The van der Waals surface area contributed by atoms with Gasteiger partial charge in [-0.15, -0.1) is 0 Å². The molecule has 2 aromatic rings. The molecular weight excluding hydrogens is 377 g/mol. The number of urea groups is 1. The fourth-order valence-corrected chi connectivity index (χ4v) is 2.59. The van der Waals surface area contributed by atoms with E-state index in [0.29, 0.717) is 0 Å². The maximum absolute atomic E-state index is 14.1. The minimum Gasteiger partial charge on any atom is -0.495 e. The summed E-state index contributed by atoms with van der Waals surface area (Å²) in [6.07, 6.45) is -5.17. The lowest BCUT2D eigenvalue weighted by Gasteiger charge is -2.34. The number of benzene rings is 2. The first kappa shape index (κ1) is 21.1. The number of anilines is 1. The predicted octanol–water partition coefficient (Wildman–Crippen LogP) is 3.84. The van der Waals surface area contributed by atoms with E-state index in [4.69, 9.17) is 4.74 Å².